The maximum atomic E-state index is 9.46. The van der Waals surface area contributed by atoms with Crippen molar-refractivity contribution in [1.82, 2.24) is 10.3 Å². The van der Waals surface area contributed by atoms with Gasteiger partial charge in [0.05, 0.1) is 22.0 Å². The highest BCUT2D eigenvalue weighted by molar-refractivity contribution is 8.03. The van der Waals surface area contributed by atoms with Gasteiger partial charge in [-0.25, -0.2) is 4.98 Å². The van der Waals surface area contributed by atoms with Gasteiger partial charge in [0.2, 0.25) is 0 Å². The molecule has 0 aliphatic carbocycles. The van der Waals surface area contributed by atoms with Crippen molar-refractivity contribution in [2.45, 2.75) is 36.6 Å². The average Bonchev–Trinajstić information content (AvgIpc) is 2.56. The number of nitrogens with one attached hydrogen (secondary N) is 1. The Labute approximate surface area is 129 Å². The lowest BCUT2D eigenvalue weighted by Gasteiger charge is -2.41. The Morgan fingerprint density at radius 2 is 2.24 bits per heavy atom. The first kappa shape index (κ1) is 13.0. The zero-order valence-electron chi connectivity index (χ0n) is 11.9. The molecule has 1 N–H and O–H groups in total. The highest BCUT2D eigenvalue weighted by Gasteiger charge is 2.33. The van der Waals surface area contributed by atoms with Crippen molar-refractivity contribution < 1.29 is 0 Å². The van der Waals surface area contributed by atoms with E-state index in [-0.39, 0.29) is 0 Å². The zero-order chi connectivity index (χ0) is 14.2. The molecule has 0 unspecified atom stereocenters. The van der Waals surface area contributed by atoms with Crippen LogP contribution in [0.3, 0.4) is 0 Å². The molecule has 1 saturated heterocycles. The van der Waals surface area contributed by atoms with Gasteiger partial charge in [0.1, 0.15) is 11.1 Å². The van der Waals surface area contributed by atoms with Crippen molar-refractivity contribution in [3.05, 3.63) is 28.4 Å². The molecule has 4 nitrogen and oxygen atoms in total. The lowest BCUT2D eigenvalue weighted by atomic mass is 9.86. The van der Waals surface area contributed by atoms with Crippen molar-refractivity contribution in [3.8, 4) is 6.07 Å². The Kier molecular flexibility index (Phi) is 3.27. The van der Waals surface area contributed by atoms with Crippen molar-refractivity contribution in [1.29, 1.82) is 5.26 Å². The van der Waals surface area contributed by atoms with E-state index in [1.807, 2.05) is 0 Å². The van der Waals surface area contributed by atoms with Crippen LogP contribution >= 0.6 is 11.8 Å². The zero-order valence-corrected chi connectivity index (χ0v) is 12.7. The third-order valence-corrected chi connectivity index (χ3v) is 5.59. The summed E-state index contributed by atoms with van der Waals surface area (Å²) in [5.41, 5.74) is 3.12. The van der Waals surface area contributed by atoms with Gasteiger partial charge >= 0.3 is 0 Å². The molecule has 0 saturated carbocycles. The van der Waals surface area contributed by atoms with Crippen LogP contribution in [0.25, 0.3) is 0 Å². The van der Waals surface area contributed by atoms with Gasteiger partial charge in [-0.05, 0) is 31.7 Å². The summed E-state index contributed by atoms with van der Waals surface area (Å²) in [4.78, 5) is 7.26. The number of pyridine rings is 1. The monoisotopic (exact) mass is 298 g/mol. The standard InChI is InChI=1S/C16H18N4S/c17-10-12-9-13-15(11-4-7-20(13)8-5-11)19-16(12)21-14-3-1-2-6-18-14/h3,9,11,18H,1-2,4-8H2. The number of piperidine rings is 1. The number of aromatic nitrogens is 1. The Hall–Kier alpha value is -1.67. The smallest absolute Gasteiger partial charge is 0.120 e. The largest absolute Gasteiger partial charge is 0.380 e. The number of allylic oxidation sites excluding steroid dienone is 1. The van der Waals surface area contributed by atoms with E-state index in [0.29, 0.717) is 11.5 Å². The number of fused-ring (bicyclic) bond motifs is 2. The van der Waals surface area contributed by atoms with Crippen LogP contribution in [0.2, 0.25) is 0 Å². The van der Waals surface area contributed by atoms with Gasteiger partial charge in [-0.15, -0.1) is 0 Å². The van der Waals surface area contributed by atoms with Crippen molar-refractivity contribution >= 4 is 17.4 Å². The predicted molar refractivity (Wildman–Crippen MR) is 84.3 cm³/mol. The molecule has 108 valence electrons. The summed E-state index contributed by atoms with van der Waals surface area (Å²) >= 11 is 1.61. The average molecular weight is 298 g/mol. The summed E-state index contributed by atoms with van der Waals surface area (Å²) in [6, 6.07) is 4.38. The molecule has 5 rings (SSSR count). The lowest BCUT2D eigenvalue weighted by molar-refractivity contribution is 0.461. The predicted octanol–water partition coefficient (Wildman–Crippen LogP) is 2.97. The topological polar surface area (TPSA) is 52.0 Å². The SMILES string of the molecule is N#Cc1cc2c(nc1SC1=CCCCN1)C1CCN2CC1. The van der Waals surface area contributed by atoms with Gasteiger partial charge in [-0.3, -0.25) is 0 Å². The van der Waals surface area contributed by atoms with Crippen LogP contribution in [0.1, 0.15) is 42.9 Å². The molecule has 1 fully saturated rings. The molecule has 1 aromatic rings. The number of rotatable bonds is 2. The molecule has 5 heterocycles. The van der Waals surface area contributed by atoms with Gasteiger partial charge in [0.25, 0.3) is 0 Å². The van der Waals surface area contributed by atoms with Crippen LogP contribution in [-0.4, -0.2) is 24.6 Å². The molecule has 5 heteroatoms. The van der Waals surface area contributed by atoms with E-state index in [9.17, 15) is 5.26 Å². The van der Waals surface area contributed by atoms with E-state index in [1.54, 1.807) is 11.8 Å². The molecule has 0 radical (unpaired) electrons. The first-order chi connectivity index (χ1) is 10.3. The van der Waals surface area contributed by atoms with Crippen LogP contribution in [-0.2, 0) is 0 Å². The van der Waals surface area contributed by atoms with Gasteiger partial charge in [0.15, 0.2) is 0 Å². The third-order valence-electron chi connectivity index (χ3n) is 4.56. The third kappa shape index (κ3) is 2.28. The van der Waals surface area contributed by atoms with Crippen LogP contribution in [0.4, 0.5) is 5.69 Å². The van der Waals surface area contributed by atoms with E-state index < -0.39 is 0 Å². The number of nitrogens with zero attached hydrogens (tertiary/aromatic N) is 3. The molecular formula is C16H18N4S. The van der Waals surface area contributed by atoms with E-state index in [2.05, 4.69) is 28.4 Å². The second-order valence-corrected chi connectivity index (χ2v) is 6.89. The van der Waals surface area contributed by atoms with Crippen molar-refractivity contribution in [2.75, 3.05) is 24.5 Å². The molecular weight excluding hydrogens is 280 g/mol. The van der Waals surface area contributed by atoms with Crippen LogP contribution in [0.5, 0.6) is 0 Å². The molecule has 21 heavy (non-hydrogen) atoms. The number of hydrogen-bond acceptors (Lipinski definition) is 5. The second kappa shape index (κ2) is 5.27. The minimum Gasteiger partial charge on any atom is -0.380 e. The molecule has 4 aliphatic heterocycles. The Morgan fingerprint density at radius 3 is 2.95 bits per heavy atom. The van der Waals surface area contributed by atoms with Crippen LogP contribution in [0, 0.1) is 11.3 Å². The highest BCUT2D eigenvalue weighted by Crippen LogP contribution is 2.43. The first-order valence-electron chi connectivity index (χ1n) is 7.67. The fourth-order valence-electron chi connectivity index (χ4n) is 3.41. The highest BCUT2D eigenvalue weighted by atomic mass is 32.2. The van der Waals surface area contributed by atoms with Crippen molar-refractivity contribution in [3.63, 3.8) is 0 Å². The molecule has 1 aromatic heterocycles. The second-order valence-electron chi connectivity index (χ2n) is 5.86. The van der Waals surface area contributed by atoms with Crippen molar-refractivity contribution in [2.24, 2.45) is 0 Å². The summed E-state index contributed by atoms with van der Waals surface area (Å²) in [7, 11) is 0. The summed E-state index contributed by atoms with van der Waals surface area (Å²) in [5.74, 6) is 0.588. The normalized spacial score (nSPS) is 20.5. The fourth-order valence-corrected chi connectivity index (χ4v) is 4.35. The maximum absolute atomic E-state index is 9.46. The van der Waals surface area contributed by atoms with Gasteiger partial charge in [-0.2, -0.15) is 5.26 Å². The summed E-state index contributed by atoms with van der Waals surface area (Å²) in [6.45, 7) is 3.24. The molecule has 0 atom stereocenters. The van der Waals surface area contributed by atoms with E-state index >= 15 is 0 Å². The van der Waals surface area contributed by atoms with Gasteiger partial charge in [0, 0.05) is 25.6 Å². The summed E-state index contributed by atoms with van der Waals surface area (Å²) in [5, 5.41) is 14.9. The summed E-state index contributed by atoms with van der Waals surface area (Å²) < 4.78 is 0. The number of thioether (sulfide) groups is 1. The molecule has 2 bridgehead atoms. The van der Waals surface area contributed by atoms with E-state index in [1.165, 1.54) is 30.6 Å². The van der Waals surface area contributed by atoms with E-state index in [0.717, 1.165) is 36.1 Å². The Bertz CT molecular complexity index is 638. The number of hydrogen-bond donors (Lipinski definition) is 1. The maximum Gasteiger partial charge on any atom is 0.120 e. The number of nitriles is 1. The number of anilines is 1. The molecule has 4 aliphatic rings. The molecule has 0 spiro atoms. The van der Waals surface area contributed by atoms with Crippen LogP contribution in [0.15, 0.2) is 22.2 Å². The Balaban J connectivity index is 1.72. The van der Waals surface area contributed by atoms with Gasteiger partial charge in [-0.1, -0.05) is 17.8 Å². The minimum atomic E-state index is 0.588. The summed E-state index contributed by atoms with van der Waals surface area (Å²) in [6.07, 6.45) is 6.92. The Morgan fingerprint density at radius 1 is 1.38 bits per heavy atom. The first-order valence-corrected chi connectivity index (χ1v) is 8.48. The fraction of sp³-hybridized carbons (Fsp3) is 0.500. The lowest BCUT2D eigenvalue weighted by Crippen LogP contribution is -2.39. The van der Waals surface area contributed by atoms with E-state index in [4.69, 9.17) is 4.98 Å². The molecule has 0 aromatic carbocycles. The quantitative estimate of drug-likeness (QED) is 0.909. The van der Waals surface area contributed by atoms with Gasteiger partial charge < -0.3 is 10.2 Å². The van der Waals surface area contributed by atoms with Crippen LogP contribution < -0.4 is 10.2 Å². The minimum absolute atomic E-state index is 0.588. The molecule has 0 amide bonds.